The predicted molar refractivity (Wildman–Crippen MR) is 119 cm³/mol. The fourth-order valence-corrected chi connectivity index (χ4v) is 7.69. The summed E-state index contributed by atoms with van der Waals surface area (Å²) < 4.78 is 40.3. The van der Waals surface area contributed by atoms with Crippen LogP contribution >= 0.6 is 0 Å². The lowest BCUT2D eigenvalue weighted by atomic mass is 9.48. The molecule has 7 nitrogen and oxygen atoms in total. The third-order valence-electron chi connectivity index (χ3n) is 9.05. The topological polar surface area (TPSA) is 75.4 Å². The lowest BCUT2D eigenvalue weighted by Crippen LogP contribution is -2.56. The molecule has 34 heavy (non-hydrogen) atoms. The molecule has 1 N–H and O–H groups in total. The maximum Gasteiger partial charge on any atom is 0.453 e. The highest BCUT2D eigenvalue weighted by molar-refractivity contribution is 5.79. The average molecular weight is 477 g/mol. The van der Waals surface area contributed by atoms with E-state index in [1.165, 1.54) is 44.6 Å². The van der Waals surface area contributed by atoms with Gasteiger partial charge in [-0.05, 0) is 93.6 Å². The molecule has 10 heteroatoms. The number of fused-ring (bicyclic) bond motifs is 1. The number of rotatable bonds is 4. The van der Waals surface area contributed by atoms with Gasteiger partial charge >= 0.3 is 6.18 Å². The number of anilines is 1. The van der Waals surface area contributed by atoms with Crippen LogP contribution in [0.25, 0.3) is 5.65 Å². The number of piperidine rings is 1. The minimum absolute atomic E-state index is 0.0593. The van der Waals surface area contributed by atoms with Gasteiger partial charge in [-0.15, -0.1) is 15.3 Å². The molecule has 184 valence electrons. The Labute approximate surface area is 196 Å². The first kappa shape index (κ1) is 22.1. The van der Waals surface area contributed by atoms with Crippen LogP contribution in [0.3, 0.4) is 0 Å². The van der Waals surface area contributed by atoms with Gasteiger partial charge in [0.25, 0.3) is 5.82 Å². The summed E-state index contributed by atoms with van der Waals surface area (Å²) in [6.45, 7) is 3.36. The Morgan fingerprint density at radius 3 is 2.26 bits per heavy atom. The van der Waals surface area contributed by atoms with E-state index < -0.39 is 12.0 Å². The van der Waals surface area contributed by atoms with E-state index in [9.17, 15) is 18.0 Å². The van der Waals surface area contributed by atoms with Crippen LogP contribution in [-0.2, 0) is 11.0 Å². The molecule has 2 aromatic rings. The van der Waals surface area contributed by atoms with Crippen molar-refractivity contribution in [3.05, 3.63) is 18.0 Å². The van der Waals surface area contributed by atoms with Gasteiger partial charge in [-0.3, -0.25) is 4.79 Å². The van der Waals surface area contributed by atoms with Crippen molar-refractivity contribution in [2.24, 2.45) is 29.1 Å². The van der Waals surface area contributed by atoms with Crippen LogP contribution in [0.4, 0.5) is 19.0 Å². The van der Waals surface area contributed by atoms with Gasteiger partial charge < -0.3 is 10.2 Å². The fourth-order valence-electron chi connectivity index (χ4n) is 7.69. The summed E-state index contributed by atoms with van der Waals surface area (Å²) in [5.74, 6) is 1.92. The van der Waals surface area contributed by atoms with Gasteiger partial charge in [0.15, 0.2) is 5.65 Å². The molecule has 4 aliphatic carbocycles. The van der Waals surface area contributed by atoms with Crippen molar-refractivity contribution >= 4 is 17.4 Å². The number of nitrogens with zero attached hydrogens (tertiary/aromatic N) is 5. The largest absolute Gasteiger partial charge is 0.453 e. The zero-order chi connectivity index (χ0) is 23.7. The first-order chi connectivity index (χ1) is 16.2. The third kappa shape index (κ3) is 3.73. The van der Waals surface area contributed by atoms with Gasteiger partial charge in [0.2, 0.25) is 5.91 Å². The van der Waals surface area contributed by atoms with Crippen molar-refractivity contribution in [1.29, 1.82) is 0 Å². The summed E-state index contributed by atoms with van der Waals surface area (Å²) >= 11 is 0. The van der Waals surface area contributed by atoms with E-state index in [1.807, 2.05) is 4.90 Å². The van der Waals surface area contributed by atoms with Gasteiger partial charge in [0, 0.05) is 25.0 Å². The SMILES string of the molecule is C[C@H](NC(=O)C1CCN(c2ccc3nnc(C(F)(F)F)n3n2)CC1)C12CC3CC(CC(C3)C1)C2. The lowest BCUT2D eigenvalue weighted by Gasteiger charge is -2.59. The maximum atomic E-state index is 13.2. The van der Waals surface area contributed by atoms with Crippen molar-refractivity contribution in [3.63, 3.8) is 0 Å². The van der Waals surface area contributed by atoms with E-state index >= 15 is 0 Å². The van der Waals surface area contributed by atoms with Crippen molar-refractivity contribution in [2.75, 3.05) is 18.0 Å². The second kappa shape index (κ2) is 7.81. The number of aromatic nitrogens is 4. The maximum absolute atomic E-state index is 13.2. The quantitative estimate of drug-likeness (QED) is 0.720. The minimum atomic E-state index is -4.62. The van der Waals surface area contributed by atoms with E-state index in [0.717, 1.165) is 22.3 Å². The minimum Gasteiger partial charge on any atom is -0.355 e. The molecule has 1 amide bonds. The second-order valence-corrected chi connectivity index (χ2v) is 11.3. The molecule has 1 saturated heterocycles. The zero-order valence-electron chi connectivity index (χ0n) is 19.4. The number of carbonyl (C=O) groups is 1. The molecular weight excluding hydrogens is 445 g/mol. The molecule has 1 aliphatic heterocycles. The van der Waals surface area contributed by atoms with Crippen LogP contribution in [0, 0.1) is 29.1 Å². The van der Waals surface area contributed by atoms with E-state index in [4.69, 9.17) is 0 Å². The first-order valence-corrected chi connectivity index (χ1v) is 12.6. The van der Waals surface area contributed by atoms with E-state index in [0.29, 0.717) is 31.7 Å². The summed E-state index contributed by atoms with van der Waals surface area (Å²) in [4.78, 5) is 15.1. The highest BCUT2D eigenvalue weighted by Crippen LogP contribution is 2.61. The van der Waals surface area contributed by atoms with Crippen LogP contribution in [0.1, 0.15) is 64.1 Å². The molecule has 4 saturated carbocycles. The number of halogens is 3. The Bertz CT molecular complexity index is 1050. The number of hydrogen-bond donors (Lipinski definition) is 1. The van der Waals surface area contributed by atoms with Crippen LogP contribution in [0.2, 0.25) is 0 Å². The molecule has 2 aromatic heterocycles. The number of nitrogens with one attached hydrogen (secondary N) is 1. The van der Waals surface area contributed by atoms with E-state index in [1.54, 1.807) is 6.07 Å². The number of amides is 1. The number of alkyl halides is 3. The standard InChI is InChI=1S/C24H31F3N6O/c1-14(23-11-15-8-16(12-23)10-17(9-15)13-23)28-21(34)18-4-6-32(7-5-18)20-3-2-19-29-30-22(24(25,26)27)33(19)31-20/h2-3,14-18H,4-13H2,1H3,(H,28,34)/t14-,15?,16?,17?,23?/m0/s1. The summed E-state index contributed by atoms with van der Waals surface area (Å²) in [7, 11) is 0. The van der Waals surface area contributed by atoms with Crippen molar-refractivity contribution in [2.45, 2.75) is 70.5 Å². The predicted octanol–water partition coefficient (Wildman–Crippen LogP) is 4.08. The van der Waals surface area contributed by atoms with Gasteiger partial charge in [0.05, 0.1) is 0 Å². The first-order valence-electron chi connectivity index (χ1n) is 12.6. The molecule has 7 rings (SSSR count). The highest BCUT2D eigenvalue weighted by atomic mass is 19.4. The number of hydrogen-bond acceptors (Lipinski definition) is 5. The Morgan fingerprint density at radius 2 is 1.68 bits per heavy atom. The Hall–Kier alpha value is -2.39. The van der Waals surface area contributed by atoms with Crippen molar-refractivity contribution in [3.8, 4) is 0 Å². The molecule has 3 heterocycles. The molecule has 0 spiro atoms. The number of carbonyl (C=O) groups excluding carboxylic acids is 1. The smallest absolute Gasteiger partial charge is 0.355 e. The summed E-state index contributed by atoms with van der Waals surface area (Å²) in [6.07, 6.45) is 4.64. The van der Waals surface area contributed by atoms with Crippen LogP contribution in [-0.4, -0.2) is 44.8 Å². The fraction of sp³-hybridized carbons (Fsp3) is 0.750. The average Bonchev–Trinajstić information content (AvgIpc) is 3.22. The van der Waals surface area contributed by atoms with Crippen LogP contribution in [0.5, 0.6) is 0 Å². The van der Waals surface area contributed by atoms with Crippen molar-refractivity contribution in [1.82, 2.24) is 25.1 Å². The van der Waals surface area contributed by atoms with Gasteiger partial charge in [-0.25, -0.2) is 0 Å². The second-order valence-electron chi connectivity index (χ2n) is 11.3. The highest BCUT2D eigenvalue weighted by Gasteiger charge is 2.53. The molecule has 5 fully saturated rings. The van der Waals surface area contributed by atoms with Gasteiger partial charge in [0.1, 0.15) is 5.82 Å². The monoisotopic (exact) mass is 476 g/mol. The van der Waals surface area contributed by atoms with E-state index in [2.05, 4.69) is 27.5 Å². The van der Waals surface area contributed by atoms with Gasteiger partial charge in [-0.1, -0.05) is 0 Å². The molecule has 4 bridgehead atoms. The van der Waals surface area contributed by atoms with Crippen LogP contribution in [0.15, 0.2) is 12.1 Å². The van der Waals surface area contributed by atoms with Gasteiger partial charge in [-0.2, -0.15) is 17.7 Å². The lowest BCUT2D eigenvalue weighted by molar-refractivity contribution is -0.146. The Kier molecular flexibility index (Phi) is 5.08. The Morgan fingerprint density at radius 1 is 1.06 bits per heavy atom. The Balaban J connectivity index is 1.09. The zero-order valence-corrected chi connectivity index (χ0v) is 19.4. The summed E-state index contributed by atoms with van der Waals surface area (Å²) in [5.41, 5.74) is 0.337. The van der Waals surface area contributed by atoms with E-state index in [-0.39, 0.29) is 28.9 Å². The molecule has 1 atom stereocenters. The summed E-state index contributed by atoms with van der Waals surface area (Å²) in [5, 5.41) is 14.3. The molecule has 0 unspecified atom stereocenters. The molecule has 0 radical (unpaired) electrons. The molecular formula is C24H31F3N6O. The summed E-state index contributed by atoms with van der Waals surface area (Å²) in [6, 6.07) is 3.36. The molecule has 0 aromatic carbocycles. The third-order valence-corrected chi connectivity index (χ3v) is 9.05. The molecule has 5 aliphatic rings. The van der Waals surface area contributed by atoms with Crippen LogP contribution < -0.4 is 10.2 Å². The van der Waals surface area contributed by atoms with Crippen molar-refractivity contribution < 1.29 is 18.0 Å². The normalized spacial score (nSPS) is 32.4.